The molecule has 0 spiro atoms. The van der Waals surface area contributed by atoms with Crippen molar-refractivity contribution in [2.75, 3.05) is 7.11 Å². The molecular weight excluding hydrogens is 196 g/mol. The predicted octanol–water partition coefficient (Wildman–Crippen LogP) is 1.15. The lowest BCUT2D eigenvalue weighted by molar-refractivity contribution is 0.0589. The Bertz CT molecular complexity index is 421. The molecule has 0 fully saturated rings. The van der Waals surface area contributed by atoms with Crippen molar-refractivity contribution >= 4 is 5.97 Å². The third-order valence-corrected chi connectivity index (χ3v) is 2.37. The lowest BCUT2D eigenvalue weighted by Crippen LogP contribution is -2.27. The Morgan fingerprint density at radius 1 is 1.60 bits per heavy atom. The number of aryl methyl sites for hydroxylation is 1. The van der Waals surface area contributed by atoms with Gasteiger partial charge in [-0.3, -0.25) is 0 Å². The summed E-state index contributed by atoms with van der Waals surface area (Å²) < 4.78 is 12.1. The minimum atomic E-state index is -0.397. The Balaban J connectivity index is 2.47. The minimum absolute atomic E-state index is 0.307. The highest BCUT2D eigenvalue weighted by molar-refractivity contribution is 5.93. The molecule has 0 aliphatic carbocycles. The first-order valence-electron chi connectivity index (χ1n) is 4.79. The minimum Gasteiger partial charge on any atom is -0.469 e. The van der Waals surface area contributed by atoms with Crippen LogP contribution in [0.25, 0.3) is 0 Å². The van der Waals surface area contributed by atoms with Crippen molar-refractivity contribution in [2.24, 2.45) is 0 Å². The van der Waals surface area contributed by atoms with Gasteiger partial charge in [0.15, 0.2) is 0 Å². The molecule has 0 N–H and O–H groups in total. The number of nitrogens with zero attached hydrogens (tertiary/aromatic N) is 2. The summed E-state index contributed by atoms with van der Waals surface area (Å²) in [6.07, 6.45) is 0. The van der Waals surface area contributed by atoms with Crippen LogP contribution >= 0.6 is 0 Å². The summed E-state index contributed by atoms with van der Waals surface area (Å²) in [6, 6.07) is 0. The molecule has 2 heterocycles. The highest BCUT2D eigenvalue weighted by atomic mass is 16.5. The molecule has 0 radical (unpaired) electrons. The molecule has 1 aromatic heterocycles. The Kier molecular flexibility index (Phi) is 1.99. The number of esters is 1. The molecule has 2 rings (SSSR count). The van der Waals surface area contributed by atoms with Crippen molar-refractivity contribution in [2.45, 2.75) is 32.9 Å². The van der Waals surface area contributed by atoms with E-state index >= 15 is 0 Å². The average molecular weight is 210 g/mol. The maximum Gasteiger partial charge on any atom is 0.345 e. The van der Waals surface area contributed by atoms with Crippen LogP contribution in [0.1, 0.15) is 29.9 Å². The number of fused-ring (bicyclic) bond motifs is 1. The summed E-state index contributed by atoms with van der Waals surface area (Å²) in [5.41, 5.74) is 0.772. The molecule has 0 saturated heterocycles. The van der Waals surface area contributed by atoms with Crippen molar-refractivity contribution in [1.82, 2.24) is 9.78 Å². The summed E-state index contributed by atoms with van der Waals surface area (Å²) >= 11 is 0. The summed E-state index contributed by atoms with van der Waals surface area (Å²) in [6.45, 7) is 6.34. The molecule has 0 amide bonds. The zero-order chi connectivity index (χ0) is 11.2. The molecule has 82 valence electrons. The first kappa shape index (κ1) is 10.0. The molecule has 0 aromatic carbocycles. The zero-order valence-corrected chi connectivity index (χ0v) is 9.33. The summed E-state index contributed by atoms with van der Waals surface area (Å²) in [5, 5.41) is 4.25. The van der Waals surface area contributed by atoms with Crippen molar-refractivity contribution < 1.29 is 14.3 Å². The fourth-order valence-corrected chi connectivity index (χ4v) is 1.76. The molecule has 0 bridgehead atoms. The predicted molar refractivity (Wildman–Crippen MR) is 53.0 cm³/mol. The second-order valence-corrected chi connectivity index (χ2v) is 4.28. The van der Waals surface area contributed by atoms with E-state index in [0.29, 0.717) is 23.7 Å². The number of methoxy groups -OCH3 is 1. The van der Waals surface area contributed by atoms with E-state index in [-0.39, 0.29) is 5.60 Å². The van der Waals surface area contributed by atoms with Crippen molar-refractivity contribution in [3.63, 3.8) is 0 Å². The van der Waals surface area contributed by atoms with Gasteiger partial charge >= 0.3 is 5.97 Å². The molecule has 15 heavy (non-hydrogen) atoms. The summed E-state index contributed by atoms with van der Waals surface area (Å²) in [5.74, 6) is 0.121. The van der Waals surface area contributed by atoms with Crippen LogP contribution < -0.4 is 4.74 Å². The molecule has 1 aliphatic rings. The maximum absolute atomic E-state index is 11.5. The van der Waals surface area contributed by atoms with E-state index in [1.165, 1.54) is 7.11 Å². The zero-order valence-electron chi connectivity index (χ0n) is 9.33. The molecule has 1 aliphatic heterocycles. The van der Waals surface area contributed by atoms with Gasteiger partial charge < -0.3 is 9.47 Å². The van der Waals surface area contributed by atoms with E-state index in [4.69, 9.17) is 9.47 Å². The van der Waals surface area contributed by atoms with Gasteiger partial charge in [-0.1, -0.05) is 0 Å². The van der Waals surface area contributed by atoms with E-state index in [0.717, 1.165) is 0 Å². The Morgan fingerprint density at radius 2 is 2.27 bits per heavy atom. The van der Waals surface area contributed by atoms with Gasteiger partial charge in [-0.2, -0.15) is 5.10 Å². The van der Waals surface area contributed by atoms with Crippen LogP contribution in [0.5, 0.6) is 5.88 Å². The third-order valence-electron chi connectivity index (χ3n) is 2.37. The van der Waals surface area contributed by atoms with Gasteiger partial charge in [-0.05, 0) is 20.8 Å². The average Bonchev–Trinajstić information content (AvgIpc) is 2.54. The van der Waals surface area contributed by atoms with Gasteiger partial charge in [0, 0.05) is 0 Å². The number of rotatable bonds is 1. The second kappa shape index (κ2) is 2.98. The van der Waals surface area contributed by atoms with Gasteiger partial charge in [0.05, 0.1) is 19.3 Å². The lowest BCUT2D eigenvalue weighted by atomic mass is 10.1. The van der Waals surface area contributed by atoms with Crippen LogP contribution in [0.4, 0.5) is 0 Å². The standard InChI is InChI=1S/C10H14N2O3/c1-6-7(9(13)14-4)8-12(11-6)5-10(2,3)15-8/h5H2,1-4H3. The quantitative estimate of drug-likeness (QED) is 0.652. The highest BCUT2D eigenvalue weighted by Crippen LogP contribution is 2.33. The van der Waals surface area contributed by atoms with Gasteiger partial charge in [0.1, 0.15) is 11.2 Å². The van der Waals surface area contributed by atoms with E-state index in [1.54, 1.807) is 11.6 Å². The Labute approximate surface area is 88.0 Å². The molecule has 5 nitrogen and oxygen atoms in total. The van der Waals surface area contributed by atoms with Crippen LogP contribution in [-0.2, 0) is 11.3 Å². The van der Waals surface area contributed by atoms with Gasteiger partial charge in [-0.25, -0.2) is 9.48 Å². The van der Waals surface area contributed by atoms with Crippen molar-refractivity contribution in [1.29, 1.82) is 0 Å². The first-order chi connectivity index (χ1) is 6.94. The smallest absolute Gasteiger partial charge is 0.345 e. The van der Waals surface area contributed by atoms with Crippen molar-refractivity contribution in [3.05, 3.63) is 11.3 Å². The lowest BCUT2D eigenvalue weighted by Gasteiger charge is -2.16. The molecule has 0 unspecified atom stereocenters. The van der Waals surface area contributed by atoms with Gasteiger partial charge in [0.25, 0.3) is 0 Å². The number of hydrogen-bond donors (Lipinski definition) is 0. The number of hydrogen-bond acceptors (Lipinski definition) is 4. The molecule has 0 atom stereocenters. The van der Waals surface area contributed by atoms with Crippen LogP contribution in [-0.4, -0.2) is 28.5 Å². The monoisotopic (exact) mass is 210 g/mol. The van der Waals surface area contributed by atoms with Crippen LogP contribution in [0, 0.1) is 6.92 Å². The molecule has 0 saturated carbocycles. The van der Waals surface area contributed by atoms with Gasteiger partial charge in [0.2, 0.25) is 5.88 Å². The topological polar surface area (TPSA) is 53.3 Å². The van der Waals surface area contributed by atoms with E-state index in [1.807, 2.05) is 13.8 Å². The molecular formula is C10H14N2O3. The van der Waals surface area contributed by atoms with E-state index < -0.39 is 5.97 Å². The SMILES string of the molecule is COC(=O)c1c(C)nn2c1OC(C)(C)C2. The Morgan fingerprint density at radius 3 is 2.87 bits per heavy atom. The molecule has 5 heteroatoms. The van der Waals surface area contributed by atoms with E-state index in [2.05, 4.69) is 5.10 Å². The number of carbonyl (C=O) groups excluding carboxylic acids is 1. The highest BCUT2D eigenvalue weighted by Gasteiger charge is 2.36. The fourth-order valence-electron chi connectivity index (χ4n) is 1.76. The van der Waals surface area contributed by atoms with E-state index in [9.17, 15) is 4.79 Å². The molecule has 1 aromatic rings. The van der Waals surface area contributed by atoms with Gasteiger partial charge in [-0.15, -0.1) is 0 Å². The fraction of sp³-hybridized carbons (Fsp3) is 0.600. The number of ether oxygens (including phenoxy) is 2. The third kappa shape index (κ3) is 1.48. The van der Waals surface area contributed by atoms with Crippen LogP contribution in [0.2, 0.25) is 0 Å². The normalized spacial score (nSPS) is 17.1. The first-order valence-corrected chi connectivity index (χ1v) is 4.79. The van der Waals surface area contributed by atoms with Crippen LogP contribution in [0.15, 0.2) is 0 Å². The Hall–Kier alpha value is -1.52. The number of aromatic nitrogens is 2. The summed E-state index contributed by atoms with van der Waals surface area (Å²) in [7, 11) is 1.35. The largest absolute Gasteiger partial charge is 0.469 e. The summed E-state index contributed by atoms with van der Waals surface area (Å²) in [4.78, 5) is 11.5. The van der Waals surface area contributed by atoms with Crippen LogP contribution in [0.3, 0.4) is 0 Å². The van der Waals surface area contributed by atoms with Crippen molar-refractivity contribution in [3.8, 4) is 5.88 Å². The second-order valence-electron chi connectivity index (χ2n) is 4.28. The maximum atomic E-state index is 11.5. The number of carbonyl (C=O) groups is 1.